The maximum absolute atomic E-state index is 5.79. The second-order valence-corrected chi connectivity index (χ2v) is 5.25. The van der Waals surface area contributed by atoms with E-state index >= 15 is 0 Å². The van der Waals surface area contributed by atoms with Crippen LogP contribution in [0.5, 0.6) is 11.5 Å². The molecule has 118 valence electrons. The van der Waals surface area contributed by atoms with Crippen LogP contribution < -0.4 is 14.8 Å². The molecule has 21 heavy (non-hydrogen) atoms. The fourth-order valence-electron chi connectivity index (χ4n) is 2.45. The summed E-state index contributed by atoms with van der Waals surface area (Å²) in [5.74, 6) is 1.72. The number of ether oxygens (including phenoxy) is 3. The van der Waals surface area contributed by atoms with Crippen LogP contribution in [0.3, 0.4) is 0 Å². The van der Waals surface area contributed by atoms with Crippen LogP contribution in [-0.2, 0) is 4.74 Å². The topological polar surface area (TPSA) is 39.7 Å². The van der Waals surface area contributed by atoms with Gasteiger partial charge in [0.15, 0.2) is 11.5 Å². The molecule has 0 amide bonds. The van der Waals surface area contributed by atoms with E-state index in [0.717, 1.165) is 63.7 Å². The molecule has 1 aromatic carbocycles. The van der Waals surface area contributed by atoms with E-state index in [9.17, 15) is 0 Å². The van der Waals surface area contributed by atoms with Gasteiger partial charge in [-0.1, -0.05) is 13.0 Å². The van der Waals surface area contributed by atoms with Crippen molar-refractivity contribution in [3.8, 4) is 11.5 Å². The molecule has 0 saturated carbocycles. The normalized spacial score (nSPS) is 15.5. The Morgan fingerprint density at radius 3 is 2.76 bits per heavy atom. The van der Waals surface area contributed by atoms with Crippen LogP contribution >= 0.6 is 0 Å². The van der Waals surface area contributed by atoms with Gasteiger partial charge >= 0.3 is 0 Å². The zero-order valence-electron chi connectivity index (χ0n) is 13.2. The smallest absolute Gasteiger partial charge is 0.161 e. The first-order valence-electron chi connectivity index (χ1n) is 8.05. The van der Waals surface area contributed by atoms with Gasteiger partial charge in [0.2, 0.25) is 0 Å². The summed E-state index contributed by atoms with van der Waals surface area (Å²) in [4.78, 5) is 0. The first kappa shape index (κ1) is 16.1. The number of hydrogen-bond donors (Lipinski definition) is 1. The van der Waals surface area contributed by atoms with Gasteiger partial charge in [0.1, 0.15) is 0 Å². The summed E-state index contributed by atoms with van der Waals surface area (Å²) in [6, 6.07) is 6.57. The van der Waals surface area contributed by atoms with Gasteiger partial charge in [-0.15, -0.1) is 0 Å². The Kier molecular flexibility index (Phi) is 6.83. The fourth-order valence-corrected chi connectivity index (χ4v) is 2.45. The highest BCUT2D eigenvalue weighted by atomic mass is 16.5. The quantitative estimate of drug-likeness (QED) is 0.746. The molecule has 0 aromatic heterocycles. The average Bonchev–Trinajstić information content (AvgIpc) is 2.75. The Balaban J connectivity index is 2.08. The van der Waals surface area contributed by atoms with Crippen LogP contribution in [0.15, 0.2) is 18.2 Å². The number of fused-ring (bicyclic) bond motifs is 1. The van der Waals surface area contributed by atoms with Crippen molar-refractivity contribution < 1.29 is 14.2 Å². The van der Waals surface area contributed by atoms with Crippen LogP contribution in [0.2, 0.25) is 0 Å². The van der Waals surface area contributed by atoms with Crippen LogP contribution in [0.4, 0.5) is 0 Å². The Morgan fingerprint density at radius 2 is 2.00 bits per heavy atom. The lowest BCUT2D eigenvalue weighted by atomic mass is 10.0. The predicted octanol–water partition coefficient (Wildman–Crippen LogP) is 3.32. The van der Waals surface area contributed by atoms with Gasteiger partial charge in [-0.2, -0.15) is 0 Å². The number of nitrogens with one attached hydrogen (secondary N) is 1. The van der Waals surface area contributed by atoms with E-state index in [-0.39, 0.29) is 0 Å². The Bertz CT molecular complexity index is 422. The van der Waals surface area contributed by atoms with E-state index in [0.29, 0.717) is 6.04 Å². The molecule has 0 saturated heterocycles. The van der Waals surface area contributed by atoms with Gasteiger partial charge in [0.25, 0.3) is 0 Å². The van der Waals surface area contributed by atoms with E-state index in [1.165, 1.54) is 5.56 Å². The molecule has 0 aliphatic carbocycles. The SMILES string of the molecule is CCCNC(CCOCC)c1ccc2c(c1)OCCCO2. The summed E-state index contributed by atoms with van der Waals surface area (Å²) in [7, 11) is 0. The summed E-state index contributed by atoms with van der Waals surface area (Å²) in [5.41, 5.74) is 1.24. The first-order valence-corrected chi connectivity index (χ1v) is 8.05. The lowest BCUT2D eigenvalue weighted by Gasteiger charge is -2.20. The maximum Gasteiger partial charge on any atom is 0.161 e. The molecule has 1 aliphatic heterocycles. The summed E-state index contributed by atoms with van der Waals surface area (Å²) in [6.45, 7) is 8.21. The second kappa shape index (κ2) is 8.90. The minimum absolute atomic E-state index is 0.300. The molecule has 0 radical (unpaired) electrons. The van der Waals surface area contributed by atoms with Crippen molar-refractivity contribution in [1.82, 2.24) is 5.32 Å². The van der Waals surface area contributed by atoms with Gasteiger partial charge in [0, 0.05) is 25.7 Å². The van der Waals surface area contributed by atoms with E-state index in [1.54, 1.807) is 0 Å². The number of hydrogen-bond acceptors (Lipinski definition) is 4. The molecule has 2 rings (SSSR count). The lowest BCUT2D eigenvalue weighted by molar-refractivity contribution is 0.136. The van der Waals surface area contributed by atoms with Gasteiger partial charge < -0.3 is 19.5 Å². The lowest BCUT2D eigenvalue weighted by Crippen LogP contribution is -2.23. The van der Waals surface area contributed by atoms with Gasteiger partial charge in [0.05, 0.1) is 13.2 Å². The molecule has 1 N–H and O–H groups in total. The molecule has 0 spiro atoms. The molecule has 1 heterocycles. The molecule has 4 heteroatoms. The predicted molar refractivity (Wildman–Crippen MR) is 84.2 cm³/mol. The van der Waals surface area contributed by atoms with Gasteiger partial charge in [-0.25, -0.2) is 0 Å². The summed E-state index contributed by atoms with van der Waals surface area (Å²) >= 11 is 0. The zero-order valence-corrected chi connectivity index (χ0v) is 13.2. The number of rotatable bonds is 8. The number of benzene rings is 1. The molecular weight excluding hydrogens is 266 g/mol. The maximum atomic E-state index is 5.79. The Labute approximate surface area is 127 Å². The van der Waals surface area contributed by atoms with Crippen LogP contribution in [0, 0.1) is 0 Å². The summed E-state index contributed by atoms with van der Waals surface area (Å²) < 4.78 is 17.0. The molecule has 4 nitrogen and oxygen atoms in total. The van der Waals surface area contributed by atoms with E-state index in [2.05, 4.69) is 24.4 Å². The highest BCUT2D eigenvalue weighted by molar-refractivity contribution is 5.44. The van der Waals surface area contributed by atoms with E-state index in [1.807, 2.05) is 13.0 Å². The van der Waals surface area contributed by atoms with Crippen LogP contribution in [0.25, 0.3) is 0 Å². The molecule has 0 fully saturated rings. The summed E-state index contributed by atoms with van der Waals surface area (Å²) in [6.07, 6.45) is 3.02. The minimum Gasteiger partial charge on any atom is -0.490 e. The van der Waals surface area contributed by atoms with Gasteiger partial charge in [-0.05, 0) is 44.0 Å². The van der Waals surface area contributed by atoms with E-state index < -0.39 is 0 Å². The van der Waals surface area contributed by atoms with Crippen molar-refractivity contribution in [2.45, 2.75) is 39.2 Å². The third-order valence-electron chi connectivity index (χ3n) is 3.57. The highest BCUT2D eigenvalue weighted by Gasteiger charge is 2.16. The fraction of sp³-hybridized carbons (Fsp3) is 0.647. The standard InChI is InChI=1S/C17H27NO3/c1-3-9-18-15(8-12-19-4-2)14-6-7-16-17(13-14)21-11-5-10-20-16/h6-7,13,15,18H,3-5,8-12H2,1-2H3. The Hall–Kier alpha value is -1.26. The van der Waals surface area contributed by atoms with Crippen molar-refractivity contribution in [3.05, 3.63) is 23.8 Å². The van der Waals surface area contributed by atoms with Gasteiger partial charge in [-0.3, -0.25) is 0 Å². The van der Waals surface area contributed by atoms with E-state index in [4.69, 9.17) is 14.2 Å². The monoisotopic (exact) mass is 293 g/mol. The van der Waals surface area contributed by atoms with Crippen molar-refractivity contribution >= 4 is 0 Å². The van der Waals surface area contributed by atoms with Crippen molar-refractivity contribution in [2.24, 2.45) is 0 Å². The third-order valence-corrected chi connectivity index (χ3v) is 3.57. The largest absolute Gasteiger partial charge is 0.490 e. The summed E-state index contributed by atoms with van der Waals surface area (Å²) in [5, 5.41) is 3.59. The molecule has 1 atom stereocenters. The molecule has 0 bridgehead atoms. The highest BCUT2D eigenvalue weighted by Crippen LogP contribution is 2.33. The van der Waals surface area contributed by atoms with Crippen LogP contribution in [0.1, 0.15) is 44.7 Å². The molecule has 1 unspecified atom stereocenters. The average molecular weight is 293 g/mol. The molecule has 1 aromatic rings. The zero-order chi connectivity index (χ0) is 14.9. The Morgan fingerprint density at radius 1 is 1.19 bits per heavy atom. The molecule has 1 aliphatic rings. The van der Waals surface area contributed by atoms with Crippen molar-refractivity contribution in [1.29, 1.82) is 0 Å². The van der Waals surface area contributed by atoms with Crippen molar-refractivity contribution in [2.75, 3.05) is 33.0 Å². The van der Waals surface area contributed by atoms with Crippen molar-refractivity contribution in [3.63, 3.8) is 0 Å². The van der Waals surface area contributed by atoms with Crippen LogP contribution in [-0.4, -0.2) is 33.0 Å². The second-order valence-electron chi connectivity index (χ2n) is 5.25. The third kappa shape index (κ3) is 4.90. The molecular formula is C17H27NO3. The minimum atomic E-state index is 0.300. The first-order chi connectivity index (χ1) is 10.3.